The van der Waals surface area contributed by atoms with E-state index < -0.39 is 20.1 Å². The fourth-order valence-electron chi connectivity index (χ4n) is 0.459. The van der Waals surface area contributed by atoms with E-state index >= 15 is 0 Å². The number of sulfone groups is 1. The molecule has 0 radical (unpaired) electrons. The van der Waals surface area contributed by atoms with Gasteiger partial charge in [0, 0.05) is 5.75 Å². The minimum atomic E-state index is -3.13. The van der Waals surface area contributed by atoms with E-state index in [-0.39, 0.29) is 5.75 Å². The van der Waals surface area contributed by atoms with E-state index in [1.165, 1.54) is 6.92 Å². The Labute approximate surface area is 69.5 Å². The van der Waals surface area contributed by atoms with Crippen LogP contribution in [0.3, 0.4) is 0 Å². The summed E-state index contributed by atoms with van der Waals surface area (Å²) in [6.07, 6.45) is -0.857. The Hall–Kier alpha value is 0.390. The highest BCUT2D eigenvalue weighted by Crippen LogP contribution is 2.13. The van der Waals surface area contributed by atoms with Crippen LogP contribution in [0.5, 0.6) is 0 Å². The van der Waals surface area contributed by atoms with Crippen LogP contribution >= 0.6 is 15.9 Å². The summed E-state index contributed by atoms with van der Waals surface area (Å²) in [6, 6.07) is 0. The molecule has 0 saturated carbocycles. The lowest BCUT2D eigenvalue weighted by atomic mass is 10.5. The molecule has 3 nitrogen and oxygen atoms in total. The fraction of sp³-hybridized carbons (Fsp3) is 1.00. The molecule has 0 amide bonds. The van der Waals surface area contributed by atoms with Crippen LogP contribution in [0.4, 0.5) is 0 Å². The van der Waals surface area contributed by atoms with Crippen LogP contribution in [0.25, 0.3) is 0 Å². The normalized spacial score (nSPS) is 18.4. The second-order valence-electron chi connectivity index (χ2n) is 2.04. The Morgan fingerprint density at radius 3 is 2.10 bits per heavy atom. The maximum Gasteiger partial charge on any atom is 0.165 e. The molecule has 0 aliphatic carbocycles. The summed E-state index contributed by atoms with van der Waals surface area (Å²) in [4.78, 5) is 0. The van der Waals surface area contributed by atoms with Gasteiger partial charge in [-0.2, -0.15) is 0 Å². The van der Waals surface area contributed by atoms with Crippen molar-refractivity contribution < 1.29 is 13.5 Å². The van der Waals surface area contributed by atoms with E-state index in [2.05, 4.69) is 15.9 Å². The summed E-state index contributed by atoms with van der Waals surface area (Å²) >= 11 is 2.89. The standard InChI is InChI=1S/C5H11BrO3S/c1-3-10(8,9)5(6)4(2)7/h4-5,7H,3H2,1-2H3/t4-,5+/m1/s1. The molecule has 0 rings (SSSR count). The second kappa shape index (κ2) is 3.69. The van der Waals surface area contributed by atoms with Crippen molar-refractivity contribution in [3.8, 4) is 0 Å². The van der Waals surface area contributed by atoms with Crippen LogP contribution in [0, 0.1) is 0 Å². The summed E-state index contributed by atoms with van der Waals surface area (Å²) in [5, 5.41) is 8.86. The Bertz CT molecular complexity index is 185. The van der Waals surface area contributed by atoms with E-state index in [1.54, 1.807) is 6.92 Å². The highest BCUT2D eigenvalue weighted by atomic mass is 79.9. The molecule has 2 atom stereocenters. The van der Waals surface area contributed by atoms with Gasteiger partial charge in [0.1, 0.15) is 4.16 Å². The van der Waals surface area contributed by atoms with E-state index in [1.807, 2.05) is 0 Å². The van der Waals surface area contributed by atoms with Crippen LogP contribution in [0.2, 0.25) is 0 Å². The Balaban J connectivity index is 4.35. The van der Waals surface area contributed by atoms with Crippen molar-refractivity contribution in [1.82, 2.24) is 0 Å². The van der Waals surface area contributed by atoms with Gasteiger partial charge in [0.15, 0.2) is 9.84 Å². The molecule has 0 bridgehead atoms. The minimum Gasteiger partial charge on any atom is -0.391 e. The fourth-order valence-corrected chi connectivity index (χ4v) is 2.17. The van der Waals surface area contributed by atoms with Crippen LogP contribution in [0.1, 0.15) is 13.8 Å². The van der Waals surface area contributed by atoms with Gasteiger partial charge in [0.25, 0.3) is 0 Å². The maximum absolute atomic E-state index is 10.9. The van der Waals surface area contributed by atoms with Crippen molar-refractivity contribution in [2.45, 2.75) is 24.1 Å². The first-order valence-corrected chi connectivity index (χ1v) is 5.58. The van der Waals surface area contributed by atoms with Crippen LogP contribution < -0.4 is 0 Å². The van der Waals surface area contributed by atoms with E-state index in [4.69, 9.17) is 5.11 Å². The lowest BCUT2D eigenvalue weighted by Gasteiger charge is -2.11. The van der Waals surface area contributed by atoms with Gasteiger partial charge in [0.05, 0.1) is 6.10 Å². The number of aliphatic hydroxyl groups excluding tert-OH is 1. The smallest absolute Gasteiger partial charge is 0.165 e. The highest BCUT2D eigenvalue weighted by Gasteiger charge is 2.24. The molecule has 0 aromatic heterocycles. The van der Waals surface area contributed by atoms with Gasteiger partial charge in [-0.25, -0.2) is 8.42 Å². The molecular formula is C5H11BrO3S. The van der Waals surface area contributed by atoms with Crippen molar-refractivity contribution in [2.75, 3.05) is 5.75 Å². The monoisotopic (exact) mass is 230 g/mol. The molecule has 0 aromatic carbocycles. The molecule has 0 aromatic rings. The van der Waals surface area contributed by atoms with E-state index in [0.717, 1.165) is 0 Å². The average Bonchev–Trinajstić information content (AvgIpc) is 1.86. The summed E-state index contributed by atoms with van der Waals surface area (Å²) < 4.78 is 21.0. The molecule has 5 heteroatoms. The molecule has 0 aliphatic heterocycles. The van der Waals surface area contributed by atoms with Crippen LogP contribution in [-0.4, -0.2) is 29.5 Å². The van der Waals surface area contributed by atoms with Gasteiger partial charge in [-0.05, 0) is 6.92 Å². The van der Waals surface area contributed by atoms with Gasteiger partial charge < -0.3 is 5.11 Å². The van der Waals surface area contributed by atoms with E-state index in [9.17, 15) is 8.42 Å². The summed E-state index contributed by atoms with van der Waals surface area (Å²) in [5.41, 5.74) is 0. The second-order valence-corrected chi connectivity index (χ2v) is 6.05. The Morgan fingerprint density at radius 1 is 1.60 bits per heavy atom. The average molecular weight is 231 g/mol. The van der Waals surface area contributed by atoms with Gasteiger partial charge in [-0.1, -0.05) is 22.9 Å². The van der Waals surface area contributed by atoms with Gasteiger partial charge in [-0.3, -0.25) is 0 Å². The third-order valence-electron chi connectivity index (χ3n) is 1.12. The predicted molar refractivity (Wildman–Crippen MR) is 43.9 cm³/mol. The van der Waals surface area contributed by atoms with Gasteiger partial charge in [0.2, 0.25) is 0 Å². The lowest BCUT2D eigenvalue weighted by molar-refractivity contribution is 0.211. The first kappa shape index (κ1) is 10.4. The predicted octanol–water partition coefficient (Wildman–Crippen LogP) is 0.523. The molecule has 0 aliphatic rings. The zero-order chi connectivity index (χ0) is 8.36. The zero-order valence-electron chi connectivity index (χ0n) is 5.91. The topological polar surface area (TPSA) is 54.4 Å². The van der Waals surface area contributed by atoms with Crippen molar-refractivity contribution >= 4 is 25.8 Å². The number of hydrogen-bond donors (Lipinski definition) is 1. The maximum atomic E-state index is 10.9. The first-order chi connectivity index (χ1) is 4.41. The lowest BCUT2D eigenvalue weighted by Crippen LogP contribution is -2.27. The van der Waals surface area contributed by atoms with Crippen molar-refractivity contribution in [3.05, 3.63) is 0 Å². The molecular weight excluding hydrogens is 220 g/mol. The quantitative estimate of drug-likeness (QED) is 0.720. The van der Waals surface area contributed by atoms with Crippen LogP contribution in [-0.2, 0) is 9.84 Å². The molecule has 1 N–H and O–H groups in total. The zero-order valence-corrected chi connectivity index (χ0v) is 8.31. The van der Waals surface area contributed by atoms with Crippen molar-refractivity contribution in [1.29, 1.82) is 0 Å². The number of hydrogen-bond acceptors (Lipinski definition) is 3. The highest BCUT2D eigenvalue weighted by molar-refractivity contribution is 9.11. The molecule has 0 unspecified atom stereocenters. The summed E-state index contributed by atoms with van der Waals surface area (Å²) in [5.74, 6) is 0.0494. The number of alkyl halides is 1. The Kier molecular flexibility index (Phi) is 3.83. The Morgan fingerprint density at radius 2 is 2.00 bits per heavy atom. The number of aliphatic hydroxyl groups is 1. The third kappa shape index (κ3) is 2.56. The molecule has 62 valence electrons. The minimum absolute atomic E-state index is 0.0494. The van der Waals surface area contributed by atoms with Crippen LogP contribution in [0.15, 0.2) is 0 Å². The largest absolute Gasteiger partial charge is 0.391 e. The third-order valence-corrected chi connectivity index (χ3v) is 5.48. The first-order valence-electron chi connectivity index (χ1n) is 2.95. The van der Waals surface area contributed by atoms with Gasteiger partial charge >= 0.3 is 0 Å². The number of halogens is 1. The van der Waals surface area contributed by atoms with E-state index in [0.29, 0.717) is 0 Å². The van der Waals surface area contributed by atoms with Gasteiger partial charge in [-0.15, -0.1) is 0 Å². The molecule has 10 heavy (non-hydrogen) atoms. The van der Waals surface area contributed by atoms with Crippen molar-refractivity contribution in [3.63, 3.8) is 0 Å². The summed E-state index contributed by atoms with van der Waals surface area (Å²) in [6.45, 7) is 2.98. The molecule has 0 saturated heterocycles. The molecule has 0 spiro atoms. The molecule has 0 fully saturated rings. The SMILES string of the molecule is CCS(=O)(=O)[C@H](Br)[C@@H](C)O. The number of rotatable bonds is 3. The molecule has 0 heterocycles. The van der Waals surface area contributed by atoms with Crippen molar-refractivity contribution in [2.24, 2.45) is 0 Å². The summed E-state index contributed by atoms with van der Waals surface area (Å²) in [7, 11) is -3.13.